The van der Waals surface area contributed by atoms with Gasteiger partial charge < -0.3 is 10.1 Å². The maximum Gasteiger partial charge on any atom is 0.422 e. The molecule has 0 spiro atoms. The molecule has 2 nitrogen and oxygen atoms in total. The highest BCUT2D eigenvalue weighted by Gasteiger charge is 2.29. The number of hydrogen-bond acceptors (Lipinski definition) is 2. The molecule has 0 saturated heterocycles. The van der Waals surface area contributed by atoms with E-state index < -0.39 is 24.6 Å². The van der Waals surface area contributed by atoms with Crippen LogP contribution >= 0.6 is 0 Å². The molecule has 0 saturated carbocycles. The zero-order valence-corrected chi connectivity index (χ0v) is 9.44. The quantitative estimate of drug-likeness (QED) is 0.830. The second kappa shape index (κ2) is 5.35. The van der Waals surface area contributed by atoms with Crippen LogP contribution in [0.5, 0.6) is 5.75 Å². The third-order valence-corrected chi connectivity index (χ3v) is 2.27. The maximum atomic E-state index is 13.5. The molecule has 0 amide bonds. The zero-order valence-electron chi connectivity index (χ0n) is 9.44. The fourth-order valence-corrected chi connectivity index (χ4v) is 1.37. The molecule has 1 unspecified atom stereocenters. The van der Waals surface area contributed by atoms with Crippen molar-refractivity contribution in [3.8, 4) is 5.75 Å². The lowest BCUT2D eigenvalue weighted by Gasteiger charge is -2.17. The van der Waals surface area contributed by atoms with Crippen molar-refractivity contribution in [3.05, 3.63) is 29.6 Å². The maximum absolute atomic E-state index is 13.5. The Morgan fingerprint density at radius 1 is 1.35 bits per heavy atom. The summed E-state index contributed by atoms with van der Waals surface area (Å²) < 4.78 is 54.2. The Bertz CT molecular complexity index is 378. The van der Waals surface area contributed by atoms with Gasteiger partial charge in [-0.25, -0.2) is 4.39 Å². The van der Waals surface area contributed by atoms with Gasteiger partial charge in [-0.2, -0.15) is 13.2 Å². The van der Waals surface area contributed by atoms with Crippen LogP contribution in [0.25, 0.3) is 0 Å². The van der Waals surface area contributed by atoms with Crippen LogP contribution in [0, 0.1) is 5.82 Å². The first-order chi connectivity index (χ1) is 7.85. The summed E-state index contributed by atoms with van der Waals surface area (Å²) in [6.07, 6.45) is -4.44. The lowest BCUT2D eigenvalue weighted by Crippen LogP contribution is -2.21. The lowest BCUT2D eigenvalue weighted by atomic mass is 10.1. The first-order valence-electron chi connectivity index (χ1n) is 5.00. The molecule has 0 radical (unpaired) electrons. The van der Waals surface area contributed by atoms with E-state index >= 15 is 0 Å². The van der Waals surface area contributed by atoms with Gasteiger partial charge in [0.1, 0.15) is 11.6 Å². The SMILES string of the molecule is CNC(C)c1c(F)cccc1OCC(F)(F)F. The normalized spacial score (nSPS) is 13.5. The van der Waals surface area contributed by atoms with Crippen molar-refractivity contribution in [2.75, 3.05) is 13.7 Å². The average molecular weight is 251 g/mol. The molecule has 0 aliphatic carbocycles. The molecule has 0 bridgehead atoms. The summed E-state index contributed by atoms with van der Waals surface area (Å²) in [7, 11) is 1.59. The van der Waals surface area contributed by atoms with Crippen LogP contribution in [0.2, 0.25) is 0 Å². The van der Waals surface area contributed by atoms with Crippen molar-refractivity contribution in [2.24, 2.45) is 0 Å². The Kier molecular flexibility index (Phi) is 4.34. The number of ether oxygens (including phenoxy) is 1. The topological polar surface area (TPSA) is 21.3 Å². The smallest absolute Gasteiger partial charge is 0.422 e. The van der Waals surface area contributed by atoms with E-state index in [1.54, 1.807) is 14.0 Å². The molecule has 0 aliphatic rings. The number of benzene rings is 1. The summed E-state index contributed by atoms with van der Waals surface area (Å²) in [4.78, 5) is 0. The predicted octanol–water partition coefficient (Wildman–Crippen LogP) is 3.05. The summed E-state index contributed by atoms with van der Waals surface area (Å²) in [6.45, 7) is 0.207. The fourth-order valence-electron chi connectivity index (χ4n) is 1.37. The summed E-state index contributed by atoms with van der Waals surface area (Å²) in [6, 6.07) is 3.38. The van der Waals surface area contributed by atoms with Crippen LogP contribution < -0.4 is 10.1 Å². The fraction of sp³-hybridized carbons (Fsp3) is 0.455. The van der Waals surface area contributed by atoms with Gasteiger partial charge in [-0.3, -0.25) is 0 Å². The van der Waals surface area contributed by atoms with Crippen LogP contribution in [0.3, 0.4) is 0 Å². The minimum absolute atomic E-state index is 0.0934. The largest absolute Gasteiger partial charge is 0.484 e. The molecule has 0 aromatic heterocycles. The third kappa shape index (κ3) is 3.89. The number of alkyl halides is 3. The van der Waals surface area contributed by atoms with E-state index in [1.807, 2.05) is 0 Å². The molecular formula is C11H13F4NO. The van der Waals surface area contributed by atoms with Crippen LogP contribution in [0.15, 0.2) is 18.2 Å². The molecule has 96 valence electrons. The van der Waals surface area contributed by atoms with Crippen molar-refractivity contribution < 1.29 is 22.3 Å². The highest BCUT2D eigenvalue weighted by atomic mass is 19.4. The Morgan fingerprint density at radius 2 is 2.00 bits per heavy atom. The van der Waals surface area contributed by atoms with Gasteiger partial charge in [0.05, 0.1) is 0 Å². The number of halogens is 4. The zero-order chi connectivity index (χ0) is 13.1. The highest BCUT2D eigenvalue weighted by molar-refractivity contribution is 5.37. The van der Waals surface area contributed by atoms with Gasteiger partial charge in [0, 0.05) is 11.6 Å². The van der Waals surface area contributed by atoms with E-state index in [0.29, 0.717) is 0 Å². The third-order valence-electron chi connectivity index (χ3n) is 2.27. The monoisotopic (exact) mass is 251 g/mol. The Hall–Kier alpha value is -1.30. The number of hydrogen-bond donors (Lipinski definition) is 1. The first kappa shape index (κ1) is 13.8. The Morgan fingerprint density at radius 3 is 2.53 bits per heavy atom. The summed E-state index contributed by atoms with van der Waals surface area (Å²) in [5.74, 6) is -0.685. The van der Waals surface area contributed by atoms with Gasteiger partial charge in [-0.05, 0) is 26.1 Å². The molecule has 0 aliphatic heterocycles. The molecule has 6 heteroatoms. The van der Waals surface area contributed by atoms with Crippen LogP contribution in [0.1, 0.15) is 18.5 Å². The highest BCUT2D eigenvalue weighted by Crippen LogP contribution is 2.29. The van der Waals surface area contributed by atoms with Crippen molar-refractivity contribution in [1.82, 2.24) is 5.32 Å². The molecule has 1 rings (SSSR count). The number of rotatable bonds is 4. The number of nitrogens with one attached hydrogen (secondary N) is 1. The molecule has 1 aromatic rings. The second-order valence-corrected chi connectivity index (χ2v) is 3.57. The van der Waals surface area contributed by atoms with E-state index in [2.05, 4.69) is 10.1 Å². The average Bonchev–Trinajstić information content (AvgIpc) is 2.24. The summed E-state index contributed by atoms with van der Waals surface area (Å²) in [5, 5.41) is 2.76. The van der Waals surface area contributed by atoms with Gasteiger partial charge in [-0.1, -0.05) is 6.07 Å². The van der Waals surface area contributed by atoms with Crippen molar-refractivity contribution >= 4 is 0 Å². The molecular weight excluding hydrogens is 238 g/mol. The van der Waals surface area contributed by atoms with Crippen molar-refractivity contribution in [1.29, 1.82) is 0 Å². The van der Waals surface area contributed by atoms with Crippen LogP contribution in [-0.2, 0) is 0 Å². The van der Waals surface area contributed by atoms with E-state index in [9.17, 15) is 17.6 Å². The summed E-state index contributed by atoms with van der Waals surface area (Å²) >= 11 is 0. The lowest BCUT2D eigenvalue weighted by molar-refractivity contribution is -0.153. The van der Waals surface area contributed by atoms with Gasteiger partial charge in [0.2, 0.25) is 0 Å². The van der Waals surface area contributed by atoms with Gasteiger partial charge in [0.25, 0.3) is 0 Å². The minimum Gasteiger partial charge on any atom is -0.484 e. The van der Waals surface area contributed by atoms with Gasteiger partial charge >= 0.3 is 6.18 Å². The van der Waals surface area contributed by atoms with Crippen LogP contribution in [-0.4, -0.2) is 19.8 Å². The van der Waals surface area contributed by atoms with Crippen molar-refractivity contribution in [3.63, 3.8) is 0 Å². The van der Waals surface area contributed by atoms with Crippen molar-refractivity contribution in [2.45, 2.75) is 19.1 Å². The molecule has 1 N–H and O–H groups in total. The van der Waals surface area contributed by atoms with Gasteiger partial charge in [-0.15, -0.1) is 0 Å². The van der Waals surface area contributed by atoms with E-state index in [0.717, 1.165) is 0 Å². The predicted molar refractivity (Wildman–Crippen MR) is 55.4 cm³/mol. The molecule has 17 heavy (non-hydrogen) atoms. The second-order valence-electron chi connectivity index (χ2n) is 3.57. The molecule has 0 fully saturated rings. The van der Waals surface area contributed by atoms with Crippen LogP contribution in [0.4, 0.5) is 17.6 Å². The molecule has 0 heterocycles. The summed E-state index contributed by atoms with van der Waals surface area (Å²) in [5.41, 5.74) is 0.0965. The Balaban J connectivity index is 2.95. The standard InChI is InChI=1S/C11H13F4NO/c1-7(16-2)10-8(12)4-3-5-9(10)17-6-11(13,14)15/h3-5,7,16H,6H2,1-2H3. The Labute approximate surface area is 96.6 Å². The van der Waals surface area contributed by atoms with E-state index in [1.165, 1.54) is 18.2 Å². The van der Waals surface area contributed by atoms with Gasteiger partial charge in [0.15, 0.2) is 6.61 Å². The van der Waals surface area contributed by atoms with E-state index in [-0.39, 0.29) is 11.3 Å². The first-order valence-corrected chi connectivity index (χ1v) is 5.00. The van der Waals surface area contributed by atoms with E-state index in [4.69, 9.17) is 0 Å². The molecule has 1 atom stereocenters. The molecule has 1 aromatic carbocycles. The minimum atomic E-state index is -4.44.